The Morgan fingerprint density at radius 2 is 2.21 bits per heavy atom. The molecular formula is C5H4N4O3S2. The van der Waals surface area contributed by atoms with Gasteiger partial charge >= 0.3 is 9.15 Å². The van der Waals surface area contributed by atoms with Crippen LogP contribution >= 0.6 is 10.8 Å². The number of nitrogens with one attached hydrogen (secondary N) is 1. The Kier molecular flexibility index (Phi) is 2.13. The molecule has 2 rings (SSSR count). The Hall–Kier alpha value is -1.19. The van der Waals surface area contributed by atoms with Gasteiger partial charge in [-0.15, -0.1) is 0 Å². The highest BCUT2D eigenvalue weighted by Gasteiger charge is 2.11. The Balaban J connectivity index is 2.44. The summed E-state index contributed by atoms with van der Waals surface area (Å²) in [6, 6.07) is 0. The van der Waals surface area contributed by atoms with E-state index in [1.54, 1.807) is 0 Å². The zero-order valence-electron chi connectivity index (χ0n) is 6.58. The third-order valence-electron chi connectivity index (χ3n) is 1.33. The molecule has 0 aromatic carbocycles. The minimum atomic E-state index is -4.18. The van der Waals surface area contributed by atoms with E-state index in [1.165, 1.54) is 12.5 Å². The molecule has 0 atom stereocenters. The van der Waals surface area contributed by atoms with Crippen molar-refractivity contribution in [1.82, 2.24) is 19.9 Å². The largest absolute Gasteiger partial charge is 0.342 e. The van der Waals surface area contributed by atoms with Crippen molar-refractivity contribution in [1.29, 1.82) is 0 Å². The second kappa shape index (κ2) is 3.19. The van der Waals surface area contributed by atoms with Crippen LogP contribution in [0.2, 0.25) is 0 Å². The Bertz CT molecular complexity index is 563. The Morgan fingerprint density at radius 1 is 1.43 bits per heavy atom. The summed E-state index contributed by atoms with van der Waals surface area (Å²) in [5.41, 5.74) is 0.954. The van der Waals surface area contributed by atoms with Crippen molar-refractivity contribution in [2.24, 2.45) is 0 Å². The third-order valence-corrected chi connectivity index (χ3v) is 2.97. The predicted octanol–water partition coefficient (Wildman–Crippen LogP) is 0.248. The molecule has 0 spiro atoms. The number of imidazole rings is 1. The van der Waals surface area contributed by atoms with E-state index < -0.39 is 9.15 Å². The van der Waals surface area contributed by atoms with Crippen LogP contribution in [-0.4, -0.2) is 32.9 Å². The van der Waals surface area contributed by atoms with E-state index in [0.717, 1.165) is 0 Å². The average molecular weight is 232 g/mol. The summed E-state index contributed by atoms with van der Waals surface area (Å²) in [6.07, 6.45) is 2.81. The van der Waals surface area contributed by atoms with Gasteiger partial charge < -0.3 is 4.98 Å². The molecule has 0 saturated carbocycles. The van der Waals surface area contributed by atoms with E-state index >= 15 is 0 Å². The zero-order valence-corrected chi connectivity index (χ0v) is 8.21. The maximum atomic E-state index is 10.5. The number of aromatic nitrogens is 4. The van der Waals surface area contributed by atoms with Gasteiger partial charge in [0.15, 0.2) is 5.65 Å². The number of rotatable bonds is 2. The maximum Gasteiger partial charge on any atom is 0.327 e. The van der Waals surface area contributed by atoms with Crippen LogP contribution in [0.4, 0.5) is 0 Å². The molecule has 0 aliphatic rings. The van der Waals surface area contributed by atoms with Gasteiger partial charge in [-0.2, -0.15) is 13.4 Å². The molecule has 2 heterocycles. The van der Waals surface area contributed by atoms with E-state index in [-0.39, 0.29) is 16.0 Å². The standard InChI is InChI=1S/C5H4N4O3S2/c10-14(11,12)13-5-6-1-3-4(9-5)8-2-7-3/h1-2H,(H,10,11,12)(H,6,7,8,9). The van der Waals surface area contributed by atoms with Gasteiger partial charge in [0, 0.05) is 0 Å². The monoisotopic (exact) mass is 232 g/mol. The quantitative estimate of drug-likeness (QED) is 0.434. The molecule has 7 nitrogen and oxygen atoms in total. The van der Waals surface area contributed by atoms with Crippen LogP contribution in [0.3, 0.4) is 0 Å². The SMILES string of the molecule is O=S(=O)(O)Sc1ncc2[nH]cnc2n1. The molecular weight excluding hydrogens is 228 g/mol. The van der Waals surface area contributed by atoms with Crippen molar-refractivity contribution in [3.05, 3.63) is 12.5 Å². The molecule has 0 aliphatic heterocycles. The molecule has 14 heavy (non-hydrogen) atoms. The highest BCUT2D eigenvalue weighted by molar-refractivity contribution is 8.69. The lowest BCUT2D eigenvalue weighted by Crippen LogP contribution is -1.93. The second-order valence-corrected chi connectivity index (χ2v) is 5.45. The van der Waals surface area contributed by atoms with Gasteiger partial charge in [0.25, 0.3) is 0 Å². The van der Waals surface area contributed by atoms with Gasteiger partial charge in [-0.3, -0.25) is 4.55 Å². The first-order chi connectivity index (χ1) is 6.54. The molecule has 2 aromatic heterocycles. The van der Waals surface area contributed by atoms with Crippen LogP contribution in [0.1, 0.15) is 0 Å². The average Bonchev–Trinajstić information content (AvgIpc) is 2.47. The second-order valence-electron chi connectivity index (χ2n) is 2.30. The first-order valence-electron chi connectivity index (χ1n) is 3.37. The molecule has 0 unspecified atom stereocenters. The molecule has 0 bridgehead atoms. The number of fused-ring (bicyclic) bond motifs is 1. The summed E-state index contributed by atoms with van der Waals surface area (Å²) in [4.78, 5) is 14.1. The number of hydrogen-bond donors (Lipinski definition) is 2. The highest BCUT2D eigenvalue weighted by Crippen LogP contribution is 2.19. The number of nitrogens with zero attached hydrogens (tertiary/aromatic N) is 3. The lowest BCUT2D eigenvalue weighted by atomic mass is 10.6. The Morgan fingerprint density at radius 3 is 2.93 bits per heavy atom. The van der Waals surface area contributed by atoms with Crippen molar-refractivity contribution in [2.45, 2.75) is 5.16 Å². The molecule has 0 fully saturated rings. The van der Waals surface area contributed by atoms with Crippen molar-refractivity contribution in [3.63, 3.8) is 0 Å². The molecule has 74 valence electrons. The normalized spacial score (nSPS) is 12.1. The van der Waals surface area contributed by atoms with Crippen LogP contribution in [0.5, 0.6) is 0 Å². The van der Waals surface area contributed by atoms with Crippen LogP contribution in [0.25, 0.3) is 11.2 Å². The summed E-state index contributed by atoms with van der Waals surface area (Å²) in [6.45, 7) is 0. The molecule has 2 N–H and O–H groups in total. The van der Waals surface area contributed by atoms with E-state index in [4.69, 9.17) is 4.55 Å². The van der Waals surface area contributed by atoms with Crippen LogP contribution in [0.15, 0.2) is 17.7 Å². The summed E-state index contributed by atoms with van der Waals surface area (Å²) >= 11 is 0. The summed E-state index contributed by atoms with van der Waals surface area (Å²) in [5.74, 6) is 0. The first-order valence-corrected chi connectivity index (χ1v) is 6.15. The fourth-order valence-corrected chi connectivity index (χ4v) is 2.07. The summed E-state index contributed by atoms with van der Waals surface area (Å²) < 4.78 is 29.5. The zero-order chi connectivity index (χ0) is 10.2. The molecule has 2 aromatic rings. The van der Waals surface area contributed by atoms with Crippen LogP contribution < -0.4 is 0 Å². The van der Waals surface area contributed by atoms with Gasteiger partial charge in [-0.25, -0.2) is 9.97 Å². The van der Waals surface area contributed by atoms with Crippen molar-refractivity contribution >= 4 is 31.1 Å². The molecule has 0 radical (unpaired) electrons. The first kappa shape index (κ1) is 9.37. The van der Waals surface area contributed by atoms with Crippen molar-refractivity contribution < 1.29 is 13.0 Å². The smallest absolute Gasteiger partial charge is 0.327 e. The van der Waals surface area contributed by atoms with Crippen molar-refractivity contribution in [2.75, 3.05) is 0 Å². The molecule has 0 amide bonds. The van der Waals surface area contributed by atoms with Crippen LogP contribution in [0, 0.1) is 0 Å². The minimum Gasteiger partial charge on any atom is -0.342 e. The number of hydrogen-bond acceptors (Lipinski definition) is 6. The van der Waals surface area contributed by atoms with Gasteiger partial charge in [0.05, 0.1) is 23.3 Å². The lowest BCUT2D eigenvalue weighted by molar-refractivity contribution is 0.503. The van der Waals surface area contributed by atoms with E-state index in [1.807, 2.05) is 0 Å². The van der Waals surface area contributed by atoms with E-state index in [9.17, 15) is 8.42 Å². The van der Waals surface area contributed by atoms with E-state index in [2.05, 4.69) is 19.9 Å². The fraction of sp³-hybridized carbons (Fsp3) is 0. The maximum absolute atomic E-state index is 10.5. The minimum absolute atomic E-state index is 0.0629. The van der Waals surface area contributed by atoms with Crippen molar-refractivity contribution in [3.8, 4) is 0 Å². The van der Waals surface area contributed by atoms with Gasteiger partial charge in [0.1, 0.15) is 5.52 Å². The molecule has 0 aliphatic carbocycles. The highest BCUT2D eigenvalue weighted by atomic mass is 33.1. The van der Waals surface area contributed by atoms with Gasteiger partial charge in [-0.1, -0.05) is 0 Å². The Labute approximate surface area is 82.1 Å². The lowest BCUT2D eigenvalue weighted by Gasteiger charge is -1.94. The van der Waals surface area contributed by atoms with Gasteiger partial charge in [0.2, 0.25) is 5.16 Å². The fourth-order valence-electron chi connectivity index (χ4n) is 0.855. The topological polar surface area (TPSA) is 109 Å². The van der Waals surface area contributed by atoms with Gasteiger partial charge in [-0.05, 0) is 0 Å². The molecule has 9 heteroatoms. The van der Waals surface area contributed by atoms with E-state index in [0.29, 0.717) is 11.2 Å². The third kappa shape index (κ3) is 2.00. The predicted molar refractivity (Wildman–Crippen MR) is 49.1 cm³/mol. The number of H-pyrrole nitrogens is 1. The summed E-state index contributed by atoms with van der Waals surface area (Å²) in [5, 5.41) is -0.0629. The van der Waals surface area contributed by atoms with Crippen LogP contribution in [-0.2, 0) is 9.15 Å². The summed E-state index contributed by atoms with van der Waals surface area (Å²) in [7, 11) is -4.00. The molecule has 0 saturated heterocycles. The number of aromatic amines is 1.